The molecule has 0 aliphatic heterocycles. The fourth-order valence-electron chi connectivity index (χ4n) is 2.95. The van der Waals surface area contributed by atoms with Crippen molar-refractivity contribution in [3.8, 4) is 0 Å². The molecule has 3 aromatic rings. The minimum absolute atomic E-state index is 0.0977. The Labute approximate surface area is 163 Å². The number of non-ortho nitro benzene ring substituents is 1. The Morgan fingerprint density at radius 3 is 2.36 bits per heavy atom. The molecular weight excluding hydrogens is 354 g/mol. The Kier molecular flexibility index (Phi) is 6.11. The fraction of sp³-hybridized carbons (Fsp3) is 0.182. The first-order valence-corrected chi connectivity index (χ1v) is 9.07. The predicted molar refractivity (Wildman–Crippen MR) is 107 cm³/mol. The molecule has 0 saturated heterocycles. The monoisotopic (exact) mass is 375 g/mol. The number of aromatic nitrogens is 1. The molecule has 2 aromatic carbocycles. The van der Waals surface area contributed by atoms with Gasteiger partial charge in [0.25, 0.3) is 11.6 Å². The van der Waals surface area contributed by atoms with Crippen LogP contribution in [0.2, 0.25) is 0 Å². The minimum Gasteiger partial charge on any atom is -0.330 e. The van der Waals surface area contributed by atoms with Gasteiger partial charge in [0.15, 0.2) is 0 Å². The number of carbonyl (C=O) groups is 1. The molecule has 0 atom stereocenters. The van der Waals surface area contributed by atoms with Gasteiger partial charge in [-0.1, -0.05) is 43.3 Å². The molecule has 0 radical (unpaired) electrons. The van der Waals surface area contributed by atoms with Gasteiger partial charge in [0.05, 0.1) is 4.92 Å². The van der Waals surface area contributed by atoms with Crippen molar-refractivity contribution >= 4 is 11.6 Å². The highest BCUT2D eigenvalue weighted by atomic mass is 16.6. The lowest BCUT2D eigenvalue weighted by Crippen LogP contribution is -2.30. The summed E-state index contributed by atoms with van der Waals surface area (Å²) in [5, 5.41) is 11.1. The van der Waals surface area contributed by atoms with E-state index < -0.39 is 4.92 Å². The van der Waals surface area contributed by atoms with Gasteiger partial charge in [-0.15, -0.1) is 0 Å². The molecule has 0 saturated carbocycles. The summed E-state index contributed by atoms with van der Waals surface area (Å²) in [4.78, 5) is 29.5. The largest absolute Gasteiger partial charge is 0.330 e. The average Bonchev–Trinajstić information content (AvgIpc) is 2.74. The van der Waals surface area contributed by atoms with E-state index in [-0.39, 0.29) is 11.6 Å². The molecule has 0 bridgehead atoms. The van der Waals surface area contributed by atoms with E-state index in [4.69, 9.17) is 0 Å². The van der Waals surface area contributed by atoms with Crippen LogP contribution < -0.4 is 0 Å². The summed E-state index contributed by atoms with van der Waals surface area (Å²) in [5.74, 6) is -0.257. The van der Waals surface area contributed by atoms with Crippen LogP contribution in [0.15, 0.2) is 73.1 Å². The molecule has 1 aromatic heterocycles. The van der Waals surface area contributed by atoms with Gasteiger partial charge in [0.2, 0.25) is 0 Å². The molecule has 6 heteroatoms. The molecule has 0 unspecified atom stereocenters. The van der Waals surface area contributed by atoms with Crippen molar-refractivity contribution < 1.29 is 9.72 Å². The van der Waals surface area contributed by atoms with Crippen LogP contribution in [-0.4, -0.2) is 20.7 Å². The number of amides is 1. The molecule has 0 aliphatic rings. The van der Waals surface area contributed by atoms with Gasteiger partial charge in [-0.3, -0.25) is 19.9 Å². The number of hydrogen-bond acceptors (Lipinski definition) is 4. The average molecular weight is 375 g/mol. The van der Waals surface area contributed by atoms with E-state index in [2.05, 4.69) is 24.0 Å². The zero-order chi connectivity index (χ0) is 19.9. The number of benzene rings is 2. The van der Waals surface area contributed by atoms with Crippen molar-refractivity contribution in [1.29, 1.82) is 0 Å². The van der Waals surface area contributed by atoms with Crippen molar-refractivity contribution in [1.82, 2.24) is 9.88 Å². The van der Waals surface area contributed by atoms with Crippen LogP contribution >= 0.6 is 0 Å². The first-order valence-electron chi connectivity index (χ1n) is 9.07. The summed E-state index contributed by atoms with van der Waals surface area (Å²) < 4.78 is 0. The van der Waals surface area contributed by atoms with Gasteiger partial charge < -0.3 is 4.90 Å². The maximum Gasteiger partial charge on any atom is 0.270 e. The fourth-order valence-corrected chi connectivity index (χ4v) is 2.95. The SMILES string of the molecule is CCc1ccc(CN(Cc2cccnc2)C(=O)c2cccc([N+](=O)[O-])c2)cc1. The Balaban J connectivity index is 1.89. The van der Waals surface area contributed by atoms with Gasteiger partial charge in [0, 0.05) is 43.2 Å². The highest BCUT2D eigenvalue weighted by Gasteiger charge is 2.19. The number of aryl methyl sites for hydroxylation is 1. The summed E-state index contributed by atoms with van der Waals surface area (Å²) in [7, 11) is 0. The summed E-state index contributed by atoms with van der Waals surface area (Å²) >= 11 is 0. The first kappa shape index (κ1) is 19.2. The van der Waals surface area contributed by atoms with Crippen molar-refractivity contribution in [2.24, 2.45) is 0 Å². The number of nitro groups is 1. The van der Waals surface area contributed by atoms with Gasteiger partial charge in [-0.05, 0) is 35.2 Å². The maximum atomic E-state index is 13.1. The van der Waals surface area contributed by atoms with E-state index in [1.54, 1.807) is 23.4 Å². The molecule has 142 valence electrons. The highest BCUT2D eigenvalue weighted by molar-refractivity contribution is 5.94. The molecule has 6 nitrogen and oxygen atoms in total. The number of carbonyl (C=O) groups excluding carboxylic acids is 1. The summed E-state index contributed by atoms with van der Waals surface area (Å²) in [6.07, 6.45) is 4.35. The number of nitro benzene ring substituents is 1. The van der Waals surface area contributed by atoms with E-state index in [0.717, 1.165) is 17.5 Å². The third-order valence-electron chi connectivity index (χ3n) is 4.49. The zero-order valence-corrected chi connectivity index (χ0v) is 15.6. The molecular formula is C22H21N3O3. The van der Waals surface area contributed by atoms with Gasteiger partial charge >= 0.3 is 0 Å². The minimum atomic E-state index is -0.494. The molecule has 0 spiro atoms. The van der Waals surface area contributed by atoms with E-state index in [1.165, 1.54) is 23.8 Å². The maximum absolute atomic E-state index is 13.1. The number of nitrogens with zero attached hydrogens (tertiary/aromatic N) is 3. The lowest BCUT2D eigenvalue weighted by atomic mass is 10.1. The quantitative estimate of drug-likeness (QED) is 0.453. The predicted octanol–water partition coefficient (Wildman–Crippen LogP) is 4.39. The third-order valence-corrected chi connectivity index (χ3v) is 4.49. The number of rotatable bonds is 7. The van der Waals surface area contributed by atoms with Gasteiger partial charge in [-0.25, -0.2) is 0 Å². The van der Waals surface area contributed by atoms with Crippen LogP contribution in [-0.2, 0) is 19.5 Å². The second-order valence-corrected chi connectivity index (χ2v) is 6.50. The van der Waals surface area contributed by atoms with E-state index in [1.807, 2.05) is 24.3 Å². The van der Waals surface area contributed by atoms with Crippen LogP contribution in [0, 0.1) is 10.1 Å². The zero-order valence-electron chi connectivity index (χ0n) is 15.6. The standard InChI is InChI=1S/C22H21N3O3/c1-2-17-8-10-18(11-9-17)15-24(16-19-5-4-12-23-14-19)22(26)20-6-3-7-21(13-20)25(27)28/h3-14H,2,15-16H2,1H3. The number of hydrogen-bond donors (Lipinski definition) is 0. The van der Waals surface area contributed by atoms with Crippen LogP contribution in [0.25, 0.3) is 0 Å². The van der Waals surface area contributed by atoms with Crippen LogP contribution in [0.3, 0.4) is 0 Å². The molecule has 28 heavy (non-hydrogen) atoms. The van der Waals surface area contributed by atoms with Gasteiger partial charge in [-0.2, -0.15) is 0 Å². The Morgan fingerprint density at radius 2 is 1.71 bits per heavy atom. The summed E-state index contributed by atoms with van der Waals surface area (Å²) in [6.45, 7) is 2.86. The highest BCUT2D eigenvalue weighted by Crippen LogP contribution is 2.18. The lowest BCUT2D eigenvalue weighted by molar-refractivity contribution is -0.384. The second-order valence-electron chi connectivity index (χ2n) is 6.50. The summed E-state index contributed by atoms with van der Waals surface area (Å²) in [5.41, 5.74) is 3.32. The first-order chi connectivity index (χ1) is 13.6. The van der Waals surface area contributed by atoms with Crippen molar-refractivity contribution in [2.45, 2.75) is 26.4 Å². The smallest absolute Gasteiger partial charge is 0.270 e. The molecule has 1 heterocycles. The topological polar surface area (TPSA) is 76.3 Å². The Bertz CT molecular complexity index is 956. The van der Waals surface area contributed by atoms with Crippen molar-refractivity contribution in [3.63, 3.8) is 0 Å². The van der Waals surface area contributed by atoms with Crippen LogP contribution in [0.5, 0.6) is 0 Å². The van der Waals surface area contributed by atoms with Crippen LogP contribution in [0.4, 0.5) is 5.69 Å². The van der Waals surface area contributed by atoms with Crippen LogP contribution in [0.1, 0.15) is 34.0 Å². The summed E-state index contributed by atoms with van der Waals surface area (Å²) in [6, 6.07) is 17.7. The Morgan fingerprint density at radius 1 is 1.00 bits per heavy atom. The molecule has 0 fully saturated rings. The van der Waals surface area contributed by atoms with E-state index in [0.29, 0.717) is 18.7 Å². The van der Waals surface area contributed by atoms with Gasteiger partial charge in [0.1, 0.15) is 0 Å². The molecule has 3 rings (SSSR count). The van der Waals surface area contributed by atoms with Crippen molar-refractivity contribution in [3.05, 3.63) is 105 Å². The lowest BCUT2D eigenvalue weighted by Gasteiger charge is -2.23. The molecule has 1 amide bonds. The second kappa shape index (κ2) is 8.90. The normalized spacial score (nSPS) is 10.5. The third kappa shape index (κ3) is 4.79. The Hall–Kier alpha value is -3.54. The van der Waals surface area contributed by atoms with Crippen molar-refractivity contribution in [2.75, 3.05) is 0 Å². The molecule has 0 aliphatic carbocycles. The van der Waals surface area contributed by atoms with E-state index >= 15 is 0 Å². The molecule has 0 N–H and O–H groups in total. The number of pyridine rings is 1. The van der Waals surface area contributed by atoms with E-state index in [9.17, 15) is 14.9 Å².